The molecule has 4 nitrogen and oxygen atoms in total. The lowest BCUT2D eigenvalue weighted by Gasteiger charge is -2.13. The Hall–Kier alpha value is -2.54. The number of phenolic OH excluding ortho intramolecular Hbond substituents is 1. The quantitative estimate of drug-likeness (QED) is 0.789. The molecule has 1 amide bonds. The van der Waals surface area contributed by atoms with E-state index in [1.165, 1.54) is 6.07 Å². The number of carbonyl (C=O) groups is 1. The highest BCUT2D eigenvalue weighted by Gasteiger charge is 2.15. The minimum absolute atomic E-state index is 0.101. The summed E-state index contributed by atoms with van der Waals surface area (Å²) in [5, 5.41) is 21.2. The number of nitrogens with one attached hydrogen (secondary N) is 1. The molecule has 0 aliphatic heterocycles. The smallest absolute Gasteiger partial charge is 0.254 e. The first kappa shape index (κ1) is 16.8. The summed E-state index contributed by atoms with van der Waals surface area (Å²) >= 11 is 0. The van der Waals surface area contributed by atoms with Crippen molar-refractivity contribution < 1.29 is 28.2 Å². The largest absolute Gasteiger partial charge is 0.508 e. The Morgan fingerprint density at radius 3 is 2.48 bits per heavy atom. The van der Waals surface area contributed by atoms with E-state index in [0.29, 0.717) is 6.07 Å². The van der Waals surface area contributed by atoms with E-state index < -0.39 is 29.5 Å². The number of carbonyl (C=O) groups excluding carboxylic acids is 1. The van der Waals surface area contributed by atoms with E-state index in [1.807, 2.05) is 0 Å². The van der Waals surface area contributed by atoms with Gasteiger partial charge in [0.1, 0.15) is 23.2 Å². The Kier molecular flexibility index (Phi) is 5.23. The van der Waals surface area contributed by atoms with E-state index in [0.717, 1.165) is 24.3 Å². The topological polar surface area (TPSA) is 69.6 Å². The number of aliphatic hydroxyl groups is 1. The van der Waals surface area contributed by atoms with Gasteiger partial charge in [-0.1, -0.05) is 6.07 Å². The minimum Gasteiger partial charge on any atom is -0.508 e. The Morgan fingerprint density at radius 2 is 1.83 bits per heavy atom. The van der Waals surface area contributed by atoms with E-state index in [9.17, 15) is 23.1 Å². The molecule has 0 heterocycles. The van der Waals surface area contributed by atoms with E-state index >= 15 is 0 Å². The Labute approximate surface area is 130 Å². The van der Waals surface area contributed by atoms with Crippen LogP contribution in [-0.4, -0.2) is 28.8 Å². The number of rotatable bonds is 5. The minimum atomic E-state index is -1.13. The highest BCUT2D eigenvalue weighted by Crippen LogP contribution is 2.15. The van der Waals surface area contributed by atoms with E-state index in [1.54, 1.807) is 0 Å². The first-order chi connectivity index (χ1) is 10.9. The molecule has 0 unspecified atom stereocenters. The summed E-state index contributed by atoms with van der Waals surface area (Å²) in [5.74, 6) is -3.51. The summed E-state index contributed by atoms with van der Waals surface area (Å²) in [6.45, 7) is -0.240. The zero-order valence-electron chi connectivity index (χ0n) is 11.9. The van der Waals surface area contributed by atoms with Crippen molar-refractivity contribution in [2.24, 2.45) is 0 Å². The zero-order chi connectivity index (χ0) is 17.0. The van der Waals surface area contributed by atoms with Crippen LogP contribution in [0.3, 0.4) is 0 Å². The molecule has 0 aliphatic carbocycles. The molecule has 0 fully saturated rings. The first-order valence-electron chi connectivity index (χ1n) is 6.75. The highest BCUT2D eigenvalue weighted by molar-refractivity contribution is 5.94. The molecule has 122 valence electrons. The Morgan fingerprint density at radius 1 is 1.09 bits per heavy atom. The van der Waals surface area contributed by atoms with Crippen LogP contribution in [0.2, 0.25) is 0 Å². The molecule has 0 aliphatic rings. The van der Waals surface area contributed by atoms with Gasteiger partial charge in [-0.15, -0.1) is 0 Å². The number of amides is 1. The third-order valence-electron chi connectivity index (χ3n) is 3.17. The van der Waals surface area contributed by atoms with Gasteiger partial charge in [-0.2, -0.15) is 0 Å². The van der Waals surface area contributed by atoms with Gasteiger partial charge in [-0.05, 0) is 23.8 Å². The number of hydrogen-bond donors (Lipinski definition) is 3. The van der Waals surface area contributed by atoms with Crippen molar-refractivity contribution in [3.05, 3.63) is 65.0 Å². The van der Waals surface area contributed by atoms with Crippen LogP contribution in [0.4, 0.5) is 13.2 Å². The van der Waals surface area contributed by atoms with Crippen LogP contribution < -0.4 is 5.32 Å². The molecule has 7 heteroatoms. The Bertz CT molecular complexity index is 722. The second-order valence-electron chi connectivity index (χ2n) is 4.97. The number of aromatic hydroxyl groups is 1. The lowest BCUT2D eigenvalue weighted by Crippen LogP contribution is -2.33. The summed E-state index contributed by atoms with van der Waals surface area (Å²) in [6, 6.07) is 6.02. The molecule has 0 saturated carbocycles. The molecule has 0 aromatic heterocycles. The van der Waals surface area contributed by atoms with Crippen LogP contribution in [0.15, 0.2) is 36.4 Å². The third-order valence-corrected chi connectivity index (χ3v) is 3.17. The number of hydrogen-bond acceptors (Lipinski definition) is 3. The molecule has 2 aromatic rings. The second kappa shape index (κ2) is 7.15. The van der Waals surface area contributed by atoms with Gasteiger partial charge in [0.25, 0.3) is 5.91 Å². The van der Waals surface area contributed by atoms with Gasteiger partial charge in [0.2, 0.25) is 0 Å². The summed E-state index contributed by atoms with van der Waals surface area (Å²) in [6.07, 6.45) is -1.26. The highest BCUT2D eigenvalue weighted by atomic mass is 19.1. The molecule has 3 N–H and O–H groups in total. The van der Waals surface area contributed by atoms with Crippen molar-refractivity contribution in [3.8, 4) is 5.75 Å². The van der Waals surface area contributed by atoms with Gasteiger partial charge in [-0.25, -0.2) is 13.2 Å². The molecule has 2 rings (SSSR count). The fourth-order valence-corrected chi connectivity index (χ4v) is 2.01. The number of halogens is 3. The number of phenols is 1. The standard InChI is InChI=1S/C16H14F3NO3/c17-10-2-1-9(14(18)6-10)5-12(22)8-20-16(23)13-4-3-11(21)7-15(13)19/h1-4,6-7,12,21-22H,5,8H2,(H,20,23)/t12-/m0/s1. The Balaban J connectivity index is 1.93. The maximum Gasteiger partial charge on any atom is 0.254 e. The first-order valence-corrected chi connectivity index (χ1v) is 6.75. The van der Waals surface area contributed by atoms with Crippen molar-refractivity contribution >= 4 is 5.91 Å². The second-order valence-corrected chi connectivity index (χ2v) is 4.97. The molecular weight excluding hydrogens is 311 g/mol. The van der Waals surface area contributed by atoms with Crippen LogP contribution in [-0.2, 0) is 6.42 Å². The van der Waals surface area contributed by atoms with Crippen molar-refractivity contribution in [3.63, 3.8) is 0 Å². The van der Waals surface area contributed by atoms with Crippen molar-refractivity contribution in [1.82, 2.24) is 5.32 Å². The van der Waals surface area contributed by atoms with Gasteiger partial charge in [0.05, 0.1) is 11.7 Å². The predicted molar refractivity (Wildman–Crippen MR) is 76.5 cm³/mol. The van der Waals surface area contributed by atoms with Gasteiger partial charge in [0, 0.05) is 25.1 Å². The summed E-state index contributed by atoms with van der Waals surface area (Å²) in [5.41, 5.74) is -0.188. The van der Waals surface area contributed by atoms with Crippen LogP contribution in [0.5, 0.6) is 5.75 Å². The molecule has 0 radical (unpaired) electrons. The summed E-state index contributed by atoms with van der Waals surface area (Å²) in [7, 11) is 0. The van der Waals surface area contributed by atoms with Crippen LogP contribution in [0.1, 0.15) is 15.9 Å². The van der Waals surface area contributed by atoms with Gasteiger partial charge in [0.15, 0.2) is 0 Å². The van der Waals surface area contributed by atoms with Crippen molar-refractivity contribution in [1.29, 1.82) is 0 Å². The maximum atomic E-state index is 13.5. The van der Waals surface area contributed by atoms with Crippen LogP contribution >= 0.6 is 0 Å². The fourth-order valence-electron chi connectivity index (χ4n) is 2.01. The summed E-state index contributed by atoms with van der Waals surface area (Å²) in [4.78, 5) is 11.8. The average molecular weight is 325 g/mol. The lowest BCUT2D eigenvalue weighted by atomic mass is 10.1. The van der Waals surface area contributed by atoms with Crippen molar-refractivity contribution in [2.45, 2.75) is 12.5 Å². The molecule has 1 atom stereocenters. The van der Waals surface area contributed by atoms with E-state index in [2.05, 4.69) is 5.32 Å². The monoisotopic (exact) mass is 325 g/mol. The van der Waals surface area contributed by atoms with Gasteiger partial charge >= 0.3 is 0 Å². The predicted octanol–water partition coefficient (Wildman–Crippen LogP) is 2.14. The van der Waals surface area contributed by atoms with E-state index in [4.69, 9.17) is 5.11 Å². The number of aliphatic hydroxyl groups excluding tert-OH is 1. The average Bonchev–Trinajstić information content (AvgIpc) is 2.48. The summed E-state index contributed by atoms with van der Waals surface area (Å²) < 4.78 is 39.7. The lowest BCUT2D eigenvalue weighted by molar-refractivity contribution is 0.0911. The van der Waals surface area contributed by atoms with Crippen molar-refractivity contribution in [2.75, 3.05) is 6.54 Å². The molecule has 2 aromatic carbocycles. The van der Waals surface area contributed by atoms with Crippen LogP contribution in [0.25, 0.3) is 0 Å². The maximum absolute atomic E-state index is 13.5. The molecule has 23 heavy (non-hydrogen) atoms. The zero-order valence-corrected chi connectivity index (χ0v) is 11.9. The molecule has 0 spiro atoms. The molecule has 0 saturated heterocycles. The molecular formula is C16H14F3NO3. The normalized spacial score (nSPS) is 12.0. The van der Waals surface area contributed by atoms with E-state index in [-0.39, 0.29) is 29.8 Å². The van der Waals surface area contributed by atoms with Gasteiger partial charge in [-0.3, -0.25) is 4.79 Å². The SMILES string of the molecule is O=C(NC[C@@H](O)Cc1ccc(F)cc1F)c1ccc(O)cc1F. The third kappa shape index (κ3) is 4.46. The van der Waals surface area contributed by atoms with Crippen LogP contribution in [0, 0.1) is 17.5 Å². The molecule has 0 bridgehead atoms. The van der Waals surface area contributed by atoms with Gasteiger partial charge < -0.3 is 15.5 Å². The fraction of sp³-hybridized carbons (Fsp3) is 0.188. The number of benzene rings is 2.